The first-order chi connectivity index (χ1) is 9.81. The van der Waals surface area contributed by atoms with Gasteiger partial charge in [-0.15, -0.1) is 0 Å². The van der Waals surface area contributed by atoms with Crippen molar-refractivity contribution < 1.29 is 19.5 Å². The van der Waals surface area contributed by atoms with Gasteiger partial charge in [0.15, 0.2) is 0 Å². The summed E-state index contributed by atoms with van der Waals surface area (Å²) in [6.45, 7) is 3.34. The van der Waals surface area contributed by atoms with Crippen molar-refractivity contribution in [1.29, 1.82) is 0 Å². The highest BCUT2D eigenvalue weighted by atomic mass is 16.4. The molecule has 0 spiro atoms. The fraction of sp³-hybridized carbons (Fsp3) is 0.286. The standard InChI is InChI=1S/C14H17N3O4/c1-9(2)17(8-12(15)18)14(21)11-5-10(6-16-7-11)3-4-13(19)20/h3-7,9H,8H2,1-2H3,(H2,15,18)(H,19,20). The molecule has 0 radical (unpaired) electrons. The number of hydrogen-bond donors (Lipinski definition) is 2. The zero-order valence-corrected chi connectivity index (χ0v) is 11.8. The average Bonchev–Trinajstić information content (AvgIpc) is 2.41. The Hall–Kier alpha value is -2.70. The summed E-state index contributed by atoms with van der Waals surface area (Å²) in [5.41, 5.74) is 5.87. The van der Waals surface area contributed by atoms with Crippen LogP contribution in [0.2, 0.25) is 0 Å². The summed E-state index contributed by atoms with van der Waals surface area (Å²) in [6.07, 6.45) is 5.08. The van der Waals surface area contributed by atoms with Gasteiger partial charge in [0.25, 0.3) is 5.91 Å². The zero-order valence-electron chi connectivity index (χ0n) is 11.8. The number of carboxylic acids is 1. The van der Waals surface area contributed by atoms with Crippen molar-refractivity contribution in [3.8, 4) is 0 Å². The summed E-state index contributed by atoms with van der Waals surface area (Å²) in [6, 6.07) is 1.30. The number of carboxylic acid groups (broad SMARTS) is 1. The van der Waals surface area contributed by atoms with Gasteiger partial charge >= 0.3 is 5.97 Å². The maximum atomic E-state index is 12.3. The van der Waals surface area contributed by atoms with Gasteiger partial charge in [-0.25, -0.2) is 4.79 Å². The van der Waals surface area contributed by atoms with E-state index in [1.54, 1.807) is 13.8 Å². The minimum Gasteiger partial charge on any atom is -0.478 e. The lowest BCUT2D eigenvalue weighted by molar-refractivity contribution is -0.131. The molecule has 0 aromatic carbocycles. The van der Waals surface area contributed by atoms with E-state index >= 15 is 0 Å². The first-order valence-electron chi connectivity index (χ1n) is 6.26. The molecule has 1 heterocycles. The van der Waals surface area contributed by atoms with Crippen molar-refractivity contribution in [2.45, 2.75) is 19.9 Å². The molecule has 0 saturated carbocycles. The summed E-state index contributed by atoms with van der Waals surface area (Å²) in [4.78, 5) is 39.1. The Morgan fingerprint density at radius 2 is 2.05 bits per heavy atom. The van der Waals surface area contributed by atoms with Gasteiger partial charge < -0.3 is 15.7 Å². The van der Waals surface area contributed by atoms with Crippen LogP contribution in [0.3, 0.4) is 0 Å². The molecule has 112 valence electrons. The first kappa shape index (κ1) is 16.4. The van der Waals surface area contributed by atoms with Gasteiger partial charge in [-0.1, -0.05) is 0 Å². The molecule has 0 fully saturated rings. The molecule has 1 aromatic heterocycles. The third-order valence-corrected chi connectivity index (χ3v) is 2.64. The van der Waals surface area contributed by atoms with E-state index in [1.165, 1.54) is 29.4 Å². The fourth-order valence-electron chi connectivity index (χ4n) is 1.66. The van der Waals surface area contributed by atoms with Crippen LogP contribution in [0, 0.1) is 0 Å². The molecule has 21 heavy (non-hydrogen) atoms. The maximum absolute atomic E-state index is 12.3. The summed E-state index contributed by atoms with van der Waals surface area (Å²) >= 11 is 0. The highest BCUT2D eigenvalue weighted by molar-refractivity contribution is 5.97. The molecule has 7 nitrogen and oxygen atoms in total. The first-order valence-corrected chi connectivity index (χ1v) is 6.26. The predicted octanol–water partition coefficient (Wildman–Crippen LogP) is 0.515. The third-order valence-electron chi connectivity index (χ3n) is 2.64. The van der Waals surface area contributed by atoms with Crippen LogP contribution in [0.5, 0.6) is 0 Å². The third kappa shape index (κ3) is 5.06. The molecule has 3 N–H and O–H groups in total. The zero-order chi connectivity index (χ0) is 16.0. The largest absolute Gasteiger partial charge is 0.478 e. The lowest BCUT2D eigenvalue weighted by Crippen LogP contribution is -2.42. The van der Waals surface area contributed by atoms with Gasteiger partial charge in [-0.2, -0.15) is 0 Å². The number of hydrogen-bond acceptors (Lipinski definition) is 4. The molecule has 7 heteroatoms. The number of carbonyl (C=O) groups excluding carboxylic acids is 2. The van der Waals surface area contributed by atoms with Crippen molar-refractivity contribution in [3.05, 3.63) is 35.7 Å². The van der Waals surface area contributed by atoms with Crippen LogP contribution in [0.15, 0.2) is 24.5 Å². The smallest absolute Gasteiger partial charge is 0.328 e. The Morgan fingerprint density at radius 1 is 1.38 bits per heavy atom. The van der Waals surface area contributed by atoms with E-state index in [1.807, 2.05) is 0 Å². The lowest BCUT2D eigenvalue weighted by atomic mass is 10.1. The number of rotatable bonds is 6. The summed E-state index contributed by atoms with van der Waals surface area (Å²) in [5.74, 6) is -2.09. The van der Waals surface area contributed by atoms with E-state index in [0.717, 1.165) is 6.08 Å². The molecule has 0 bridgehead atoms. The molecular weight excluding hydrogens is 274 g/mol. The molecule has 0 aliphatic rings. The minimum absolute atomic E-state index is 0.189. The number of nitrogens with two attached hydrogens (primary N) is 1. The van der Waals surface area contributed by atoms with E-state index in [9.17, 15) is 14.4 Å². The fourth-order valence-corrected chi connectivity index (χ4v) is 1.66. The van der Waals surface area contributed by atoms with E-state index in [0.29, 0.717) is 5.56 Å². The normalized spacial score (nSPS) is 10.8. The van der Waals surface area contributed by atoms with Crippen LogP contribution in [-0.2, 0) is 9.59 Å². The second-order valence-corrected chi connectivity index (χ2v) is 4.67. The molecule has 0 saturated heterocycles. The number of primary amides is 1. The number of aliphatic carboxylic acids is 1. The Balaban J connectivity index is 3.02. The van der Waals surface area contributed by atoms with Crippen LogP contribution < -0.4 is 5.73 Å². The number of pyridine rings is 1. The Morgan fingerprint density at radius 3 is 2.57 bits per heavy atom. The van der Waals surface area contributed by atoms with Crippen molar-refractivity contribution in [1.82, 2.24) is 9.88 Å². The molecule has 0 aliphatic heterocycles. The summed E-state index contributed by atoms with van der Waals surface area (Å²) < 4.78 is 0. The lowest BCUT2D eigenvalue weighted by Gasteiger charge is -2.25. The van der Waals surface area contributed by atoms with Gasteiger partial charge in [0.2, 0.25) is 5.91 Å². The quantitative estimate of drug-likeness (QED) is 0.741. The minimum atomic E-state index is -1.09. The van der Waals surface area contributed by atoms with E-state index in [4.69, 9.17) is 10.8 Å². The van der Waals surface area contributed by atoms with Crippen LogP contribution in [0.4, 0.5) is 0 Å². The van der Waals surface area contributed by atoms with Crippen LogP contribution >= 0.6 is 0 Å². The molecule has 2 amide bonds. The molecule has 0 atom stereocenters. The highest BCUT2D eigenvalue weighted by Crippen LogP contribution is 2.10. The van der Waals surface area contributed by atoms with Gasteiger partial charge in [0.1, 0.15) is 0 Å². The molecule has 0 unspecified atom stereocenters. The monoisotopic (exact) mass is 291 g/mol. The van der Waals surface area contributed by atoms with E-state index in [2.05, 4.69) is 4.98 Å². The molecular formula is C14H17N3O4. The molecule has 1 rings (SSSR count). The van der Waals surface area contributed by atoms with Crippen molar-refractivity contribution in [3.63, 3.8) is 0 Å². The number of carbonyl (C=O) groups is 3. The number of nitrogens with zero attached hydrogens (tertiary/aromatic N) is 2. The highest BCUT2D eigenvalue weighted by Gasteiger charge is 2.20. The average molecular weight is 291 g/mol. The second kappa shape index (κ2) is 7.18. The van der Waals surface area contributed by atoms with Crippen LogP contribution in [-0.4, -0.2) is 45.4 Å². The second-order valence-electron chi connectivity index (χ2n) is 4.67. The van der Waals surface area contributed by atoms with Gasteiger partial charge in [0, 0.05) is 24.5 Å². The SMILES string of the molecule is CC(C)N(CC(N)=O)C(=O)c1cncc(C=CC(=O)O)c1. The van der Waals surface area contributed by atoms with Gasteiger partial charge in [-0.3, -0.25) is 14.6 Å². The molecule has 1 aromatic rings. The Bertz CT molecular complexity index is 581. The van der Waals surface area contributed by atoms with Gasteiger partial charge in [-0.05, 0) is 31.6 Å². The summed E-state index contributed by atoms with van der Waals surface area (Å²) in [5, 5.41) is 8.58. The van der Waals surface area contributed by atoms with E-state index in [-0.39, 0.29) is 24.1 Å². The summed E-state index contributed by atoms with van der Waals surface area (Å²) in [7, 11) is 0. The van der Waals surface area contributed by atoms with Crippen LogP contribution in [0.1, 0.15) is 29.8 Å². The van der Waals surface area contributed by atoms with Crippen molar-refractivity contribution in [2.24, 2.45) is 5.73 Å². The maximum Gasteiger partial charge on any atom is 0.328 e. The van der Waals surface area contributed by atoms with Crippen molar-refractivity contribution >= 4 is 23.9 Å². The molecule has 0 aliphatic carbocycles. The number of amides is 2. The Kier molecular flexibility index (Phi) is 5.59. The number of aromatic nitrogens is 1. The van der Waals surface area contributed by atoms with E-state index < -0.39 is 11.9 Å². The predicted molar refractivity (Wildman–Crippen MR) is 76.3 cm³/mol. The van der Waals surface area contributed by atoms with Crippen LogP contribution in [0.25, 0.3) is 6.08 Å². The van der Waals surface area contributed by atoms with Gasteiger partial charge in [0.05, 0.1) is 12.1 Å². The topological polar surface area (TPSA) is 114 Å². The Labute approximate surface area is 122 Å². The van der Waals surface area contributed by atoms with Crippen molar-refractivity contribution in [2.75, 3.05) is 6.54 Å².